The number of nitrogens with zero attached hydrogens (tertiary/aromatic N) is 1. The van der Waals surface area contributed by atoms with E-state index in [2.05, 4.69) is 15.9 Å². The maximum atomic E-state index is 11.7. The second-order valence-corrected chi connectivity index (χ2v) is 4.37. The average Bonchev–Trinajstić information content (AvgIpc) is 2.25. The molecule has 0 radical (unpaired) electrons. The Balaban J connectivity index is 2.76. The van der Waals surface area contributed by atoms with Crippen LogP contribution in [0, 0.1) is 6.92 Å². The molecule has 0 aromatic carbocycles. The molecule has 0 saturated carbocycles. The van der Waals surface area contributed by atoms with Crippen molar-refractivity contribution in [3.63, 3.8) is 0 Å². The number of hydrogen-bond donors (Lipinski definition) is 0. The van der Waals surface area contributed by atoms with E-state index < -0.39 is 5.97 Å². The average molecular weight is 300 g/mol. The lowest BCUT2D eigenvalue weighted by Crippen LogP contribution is -2.21. The van der Waals surface area contributed by atoms with Gasteiger partial charge in [-0.1, -0.05) is 6.08 Å². The Morgan fingerprint density at radius 3 is 2.94 bits per heavy atom. The highest BCUT2D eigenvalue weighted by molar-refractivity contribution is 9.10. The van der Waals surface area contributed by atoms with Crippen LogP contribution in [0.5, 0.6) is 0 Å². The van der Waals surface area contributed by atoms with Crippen LogP contribution < -0.4 is 5.56 Å². The molecule has 1 rings (SSSR count). The summed E-state index contributed by atoms with van der Waals surface area (Å²) >= 11 is 3.32. The number of halogens is 1. The van der Waals surface area contributed by atoms with E-state index in [-0.39, 0.29) is 5.56 Å². The molecule has 4 nitrogen and oxygen atoms in total. The molecule has 0 spiro atoms. The van der Waals surface area contributed by atoms with Crippen LogP contribution in [-0.4, -0.2) is 17.1 Å². The Labute approximate surface area is 108 Å². The quantitative estimate of drug-likeness (QED) is 0.631. The first-order chi connectivity index (χ1) is 8.04. The smallest absolute Gasteiger partial charge is 0.330 e. The van der Waals surface area contributed by atoms with Gasteiger partial charge in [-0.15, -0.1) is 0 Å². The van der Waals surface area contributed by atoms with Crippen LogP contribution in [0.15, 0.2) is 33.7 Å². The maximum Gasteiger partial charge on any atom is 0.330 e. The Morgan fingerprint density at radius 2 is 2.29 bits per heavy atom. The first kappa shape index (κ1) is 13.7. The Kier molecular flexibility index (Phi) is 5.15. The summed E-state index contributed by atoms with van der Waals surface area (Å²) in [5.74, 6) is -0.396. The van der Waals surface area contributed by atoms with Gasteiger partial charge in [0.1, 0.15) is 0 Å². The molecule has 1 aromatic heterocycles. The number of ether oxygens (including phenoxy) is 1. The number of rotatable bonds is 4. The predicted molar refractivity (Wildman–Crippen MR) is 68.9 cm³/mol. The fourth-order valence-corrected chi connectivity index (χ4v) is 1.92. The molecule has 0 saturated heterocycles. The number of esters is 1. The van der Waals surface area contributed by atoms with Crippen LogP contribution in [0.4, 0.5) is 0 Å². The number of aromatic nitrogens is 1. The minimum atomic E-state index is -0.396. The highest BCUT2D eigenvalue weighted by Gasteiger charge is 2.00. The lowest BCUT2D eigenvalue weighted by molar-refractivity contribution is -0.137. The van der Waals surface area contributed by atoms with E-state index in [0.29, 0.717) is 18.7 Å². The van der Waals surface area contributed by atoms with Gasteiger partial charge in [-0.2, -0.15) is 0 Å². The third-order valence-electron chi connectivity index (χ3n) is 2.07. The van der Waals surface area contributed by atoms with E-state index in [0.717, 1.165) is 4.47 Å². The minimum absolute atomic E-state index is 0.0679. The Hall–Kier alpha value is -1.36. The van der Waals surface area contributed by atoms with Crippen molar-refractivity contribution in [1.29, 1.82) is 0 Å². The van der Waals surface area contributed by atoms with Crippen LogP contribution in [0.1, 0.15) is 12.5 Å². The molecule has 0 bridgehead atoms. The summed E-state index contributed by atoms with van der Waals surface area (Å²) in [6.07, 6.45) is 4.61. The summed E-state index contributed by atoms with van der Waals surface area (Å²) in [6, 6.07) is 1.76. The van der Waals surface area contributed by atoms with Crippen molar-refractivity contribution in [2.75, 3.05) is 6.61 Å². The van der Waals surface area contributed by atoms with Crippen LogP contribution in [0.25, 0.3) is 0 Å². The first-order valence-electron chi connectivity index (χ1n) is 5.24. The van der Waals surface area contributed by atoms with E-state index in [9.17, 15) is 9.59 Å². The fourth-order valence-electron chi connectivity index (χ4n) is 1.33. The summed E-state index contributed by atoms with van der Waals surface area (Å²) < 4.78 is 7.09. The molecule has 0 aliphatic rings. The van der Waals surface area contributed by atoms with Crippen molar-refractivity contribution in [3.8, 4) is 0 Å². The van der Waals surface area contributed by atoms with Gasteiger partial charge in [0, 0.05) is 28.9 Å². The normalized spacial score (nSPS) is 10.8. The van der Waals surface area contributed by atoms with Crippen molar-refractivity contribution in [2.45, 2.75) is 20.4 Å². The van der Waals surface area contributed by atoms with E-state index in [1.807, 2.05) is 0 Å². The summed E-state index contributed by atoms with van der Waals surface area (Å²) in [4.78, 5) is 22.8. The third-order valence-corrected chi connectivity index (χ3v) is 2.51. The number of hydrogen-bond acceptors (Lipinski definition) is 3. The van der Waals surface area contributed by atoms with Gasteiger partial charge in [0.2, 0.25) is 0 Å². The highest BCUT2D eigenvalue weighted by Crippen LogP contribution is 2.07. The zero-order chi connectivity index (χ0) is 12.8. The molecule has 0 atom stereocenters. The van der Waals surface area contributed by atoms with Gasteiger partial charge in [0.15, 0.2) is 0 Å². The summed E-state index contributed by atoms with van der Waals surface area (Å²) in [5, 5.41) is 0. The summed E-state index contributed by atoms with van der Waals surface area (Å²) in [5.41, 5.74) is 0.589. The van der Waals surface area contributed by atoms with E-state index >= 15 is 0 Å². The predicted octanol–water partition coefficient (Wildman–Crippen LogP) is 2.04. The van der Waals surface area contributed by atoms with Gasteiger partial charge >= 0.3 is 5.97 Å². The van der Waals surface area contributed by atoms with Crippen LogP contribution in [-0.2, 0) is 16.1 Å². The molecule has 0 aliphatic heterocycles. The van der Waals surface area contributed by atoms with E-state index in [1.165, 1.54) is 10.6 Å². The molecule has 0 N–H and O–H groups in total. The third kappa shape index (κ3) is 4.19. The SMILES string of the molecule is CCOC(=O)/C=C/Cn1cc(Br)cc(C)c1=O. The molecule has 1 heterocycles. The van der Waals surface area contributed by atoms with Crippen molar-refractivity contribution in [3.05, 3.63) is 44.8 Å². The second-order valence-electron chi connectivity index (χ2n) is 3.45. The van der Waals surface area contributed by atoms with Gasteiger partial charge in [-0.05, 0) is 35.8 Å². The molecule has 1 aromatic rings. The largest absolute Gasteiger partial charge is 0.463 e. The zero-order valence-electron chi connectivity index (χ0n) is 9.77. The highest BCUT2D eigenvalue weighted by atomic mass is 79.9. The fraction of sp³-hybridized carbons (Fsp3) is 0.333. The van der Waals surface area contributed by atoms with E-state index in [4.69, 9.17) is 4.74 Å². The summed E-state index contributed by atoms with van der Waals surface area (Å²) in [6.45, 7) is 4.18. The molecule has 0 amide bonds. The number of carbonyl (C=O) groups is 1. The lowest BCUT2D eigenvalue weighted by Gasteiger charge is -2.04. The topological polar surface area (TPSA) is 48.3 Å². The van der Waals surface area contributed by atoms with Gasteiger partial charge < -0.3 is 9.30 Å². The molecule has 0 aliphatic carbocycles. The molecular weight excluding hydrogens is 286 g/mol. The molecule has 0 fully saturated rings. The number of pyridine rings is 1. The number of aryl methyl sites for hydroxylation is 1. The molecule has 17 heavy (non-hydrogen) atoms. The van der Waals surface area contributed by atoms with Gasteiger partial charge in [0.25, 0.3) is 5.56 Å². The monoisotopic (exact) mass is 299 g/mol. The lowest BCUT2D eigenvalue weighted by atomic mass is 10.3. The Bertz CT molecular complexity index is 491. The summed E-state index contributed by atoms with van der Waals surface area (Å²) in [7, 11) is 0. The van der Waals surface area contributed by atoms with Crippen molar-refractivity contribution in [2.24, 2.45) is 0 Å². The van der Waals surface area contributed by atoms with Crippen molar-refractivity contribution in [1.82, 2.24) is 4.57 Å². The van der Waals surface area contributed by atoms with Crippen LogP contribution in [0.3, 0.4) is 0 Å². The van der Waals surface area contributed by atoms with Gasteiger partial charge in [0.05, 0.1) is 6.61 Å². The zero-order valence-corrected chi connectivity index (χ0v) is 11.4. The molecular formula is C12H14BrNO3. The molecule has 92 valence electrons. The number of carbonyl (C=O) groups excluding carboxylic acids is 1. The first-order valence-corrected chi connectivity index (χ1v) is 6.03. The van der Waals surface area contributed by atoms with Crippen molar-refractivity contribution >= 4 is 21.9 Å². The van der Waals surface area contributed by atoms with E-state index in [1.54, 1.807) is 32.2 Å². The number of allylic oxidation sites excluding steroid dienone is 1. The molecule has 0 unspecified atom stereocenters. The van der Waals surface area contributed by atoms with Gasteiger partial charge in [-0.3, -0.25) is 4.79 Å². The van der Waals surface area contributed by atoms with Gasteiger partial charge in [-0.25, -0.2) is 4.79 Å². The molecule has 5 heteroatoms. The maximum absolute atomic E-state index is 11.7. The Morgan fingerprint density at radius 1 is 1.59 bits per heavy atom. The van der Waals surface area contributed by atoms with Crippen LogP contribution in [0.2, 0.25) is 0 Å². The van der Waals surface area contributed by atoms with Crippen molar-refractivity contribution < 1.29 is 9.53 Å². The second kappa shape index (κ2) is 6.39. The van der Waals surface area contributed by atoms with Crippen LogP contribution >= 0.6 is 15.9 Å². The minimum Gasteiger partial charge on any atom is -0.463 e. The standard InChI is InChI=1S/C12H14BrNO3/c1-3-17-11(15)5-4-6-14-8-10(13)7-9(2)12(14)16/h4-5,7-8H,3,6H2,1-2H3/b5-4+.